The first-order chi connectivity index (χ1) is 8.29. The molecule has 0 saturated heterocycles. The SMILES string of the molecule is CCCOCCCNc1ncnc(NC)c1Br. The van der Waals surface area contributed by atoms with Crippen molar-refractivity contribution < 1.29 is 4.74 Å². The van der Waals surface area contributed by atoms with E-state index in [1.165, 1.54) is 6.33 Å². The predicted octanol–water partition coefficient (Wildman–Crippen LogP) is 2.51. The average Bonchev–Trinajstić information content (AvgIpc) is 2.35. The van der Waals surface area contributed by atoms with Crippen LogP contribution in [0.1, 0.15) is 19.8 Å². The Labute approximate surface area is 111 Å². The maximum Gasteiger partial charge on any atom is 0.145 e. The molecule has 0 atom stereocenters. The molecule has 0 aliphatic rings. The van der Waals surface area contributed by atoms with Gasteiger partial charge in [0.25, 0.3) is 0 Å². The molecular weight excluding hydrogens is 284 g/mol. The second-order valence-electron chi connectivity index (χ2n) is 3.53. The number of ether oxygens (including phenoxy) is 1. The monoisotopic (exact) mass is 302 g/mol. The van der Waals surface area contributed by atoms with Crippen LogP contribution in [0.5, 0.6) is 0 Å². The maximum absolute atomic E-state index is 5.40. The van der Waals surface area contributed by atoms with Gasteiger partial charge < -0.3 is 15.4 Å². The van der Waals surface area contributed by atoms with Crippen LogP contribution in [0.15, 0.2) is 10.8 Å². The van der Waals surface area contributed by atoms with Gasteiger partial charge in [-0.1, -0.05) is 6.92 Å². The molecule has 17 heavy (non-hydrogen) atoms. The van der Waals surface area contributed by atoms with Crippen LogP contribution in [0, 0.1) is 0 Å². The van der Waals surface area contributed by atoms with Crippen LogP contribution in [-0.2, 0) is 4.74 Å². The van der Waals surface area contributed by atoms with Gasteiger partial charge in [0.2, 0.25) is 0 Å². The first-order valence-corrected chi connectivity index (χ1v) is 6.58. The Morgan fingerprint density at radius 2 is 2.06 bits per heavy atom. The summed E-state index contributed by atoms with van der Waals surface area (Å²) in [6, 6.07) is 0. The molecule has 1 heterocycles. The van der Waals surface area contributed by atoms with E-state index < -0.39 is 0 Å². The second kappa shape index (κ2) is 8.25. The third-order valence-corrected chi connectivity index (χ3v) is 2.88. The Morgan fingerprint density at radius 3 is 2.76 bits per heavy atom. The number of nitrogens with one attached hydrogen (secondary N) is 2. The molecule has 5 nitrogen and oxygen atoms in total. The Kier molecular flexibility index (Phi) is 6.88. The summed E-state index contributed by atoms with van der Waals surface area (Å²) in [6.45, 7) is 4.56. The van der Waals surface area contributed by atoms with Crippen molar-refractivity contribution in [1.29, 1.82) is 0 Å². The minimum Gasteiger partial charge on any atom is -0.381 e. The van der Waals surface area contributed by atoms with Crippen molar-refractivity contribution in [2.24, 2.45) is 0 Å². The zero-order valence-corrected chi connectivity index (χ0v) is 11.9. The highest BCUT2D eigenvalue weighted by Crippen LogP contribution is 2.25. The quantitative estimate of drug-likeness (QED) is 0.723. The topological polar surface area (TPSA) is 59.1 Å². The molecule has 1 aromatic heterocycles. The third kappa shape index (κ3) is 4.87. The highest BCUT2D eigenvalue weighted by atomic mass is 79.9. The largest absolute Gasteiger partial charge is 0.381 e. The summed E-state index contributed by atoms with van der Waals surface area (Å²) in [7, 11) is 1.83. The highest BCUT2D eigenvalue weighted by molar-refractivity contribution is 9.10. The Bertz CT molecular complexity index is 335. The van der Waals surface area contributed by atoms with Gasteiger partial charge in [-0.25, -0.2) is 9.97 Å². The van der Waals surface area contributed by atoms with E-state index in [4.69, 9.17) is 4.74 Å². The standard InChI is InChI=1S/C11H19BrN4O/c1-3-6-17-7-4-5-14-11-9(12)10(13-2)15-8-16-11/h8H,3-7H2,1-2H3,(H2,13,14,15,16). The summed E-state index contributed by atoms with van der Waals surface area (Å²) in [4.78, 5) is 8.26. The van der Waals surface area contributed by atoms with Crippen molar-refractivity contribution >= 4 is 27.6 Å². The van der Waals surface area contributed by atoms with Gasteiger partial charge in [0, 0.05) is 26.8 Å². The van der Waals surface area contributed by atoms with E-state index in [0.29, 0.717) is 0 Å². The number of halogens is 1. The summed E-state index contributed by atoms with van der Waals surface area (Å²) in [6.07, 6.45) is 3.56. The van der Waals surface area contributed by atoms with E-state index >= 15 is 0 Å². The fraction of sp³-hybridized carbons (Fsp3) is 0.636. The van der Waals surface area contributed by atoms with Gasteiger partial charge in [0.1, 0.15) is 22.4 Å². The van der Waals surface area contributed by atoms with Gasteiger partial charge >= 0.3 is 0 Å². The van der Waals surface area contributed by atoms with Crippen LogP contribution < -0.4 is 10.6 Å². The van der Waals surface area contributed by atoms with Crippen molar-refractivity contribution in [3.63, 3.8) is 0 Å². The molecule has 0 fully saturated rings. The molecule has 0 spiro atoms. The molecule has 0 aliphatic carbocycles. The van der Waals surface area contributed by atoms with Crippen LogP contribution in [0.25, 0.3) is 0 Å². The highest BCUT2D eigenvalue weighted by Gasteiger charge is 2.05. The molecule has 1 rings (SSSR count). The second-order valence-corrected chi connectivity index (χ2v) is 4.32. The zero-order chi connectivity index (χ0) is 12.5. The minimum atomic E-state index is 0.780. The van der Waals surface area contributed by atoms with E-state index in [1.807, 2.05) is 7.05 Å². The van der Waals surface area contributed by atoms with Crippen molar-refractivity contribution in [3.05, 3.63) is 10.8 Å². The maximum atomic E-state index is 5.40. The molecule has 0 aliphatic heterocycles. The van der Waals surface area contributed by atoms with E-state index in [9.17, 15) is 0 Å². The number of nitrogens with zero attached hydrogens (tertiary/aromatic N) is 2. The van der Waals surface area contributed by atoms with Gasteiger partial charge in [-0.05, 0) is 28.8 Å². The Balaban J connectivity index is 2.31. The lowest BCUT2D eigenvalue weighted by Gasteiger charge is -2.09. The normalized spacial score (nSPS) is 10.3. The Hall–Kier alpha value is -0.880. The molecule has 0 aromatic carbocycles. The molecule has 6 heteroatoms. The van der Waals surface area contributed by atoms with Crippen LogP contribution >= 0.6 is 15.9 Å². The lowest BCUT2D eigenvalue weighted by molar-refractivity contribution is 0.134. The molecule has 0 amide bonds. The van der Waals surface area contributed by atoms with Gasteiger partial charge in [-0.3, -0.25) is 0 Å². The molecule has 96 valence electrons. The number of hydrogen-bond donors (Lipinski definition) is 2. The predicted molar refractivity (Wildman–Crippen MR) is 73.5 cm³/mol. The number of rotatable bonds is 8. The van der Waals surface area contributed by atoms with Crippen LogP contribution in [0.4, 0.5) is 11.6 Å². The van der Waals surface area contributed by atoms with E-state index in [2.05, 4.69) is 43.5 Å². The van der Waals surface area contributed by atoms with E-state index in [0.717, 1.165) is 48.7 Å². The molecule has 0 radical (unpaired) electrons. The number of anilines is 2. The van der Waals surface area contributed by atoms with Crippen molar-refractivity contribution in [1.82, 2.24) is 9.97 Å². The minimum absolute atomic E-state index is 0.780. The van der Waals surface area contributed by atoms with E-state index in [-0.39, 0.29) is 0 Å². The fourth-order valence-corrected chi connectivity index (χ4v) is 1.84. The number of aromatic nitrogens is 2. The van der Waals surface area contributed by atoms with Gasteiger partial charge in [0.05, 0.1) is 0 Å². The molecule has 1 aromatic rings. The molecular formula is C11H19BrN4O. The lowest BCUT2D eigenvalue weighted by Crippen LogP contribution is -2.09. The molecule has 0 bridgehead atoms. The Morgan fingerprint density at radius 1 is 1.29 bits per heavy atom. The fourth-order valence-electron chi connectivity index (χ4n) is 1.29. The van der Waals surface area contributed by atoms with Crippen LogP contribution in [0.2, 0.25) is 0 Å². The first kappa shape index (κ1) is 14.2. The lowest BCUT2D eigenvalue weighted by atomic mass is 10.4. The summed E-state index contributed by atoms with van der Waals surface area (Å²) < 4.78 is 6.26. The molecule has 0 saturated carbocycles. The summed E-state index contributed by atoms with van der Waals surface area (Å²) in [5.74, 6) is 1.59. The first-order valence-electron chi connectivity index (χ1n) is 5.79. The van der Waals surface area contributed by atoms with E-state index in [1.54, 1.807) is 0 Å². The summed E-state index contributed by atoms with van der Waals surface area (Å²) in [5.41, 5.74) is 0. The van der Waals surface area contributed by atoms with Gasteiger partial charge in [-0.2, -0.15) is 0 Å². The smallest absolute Gasteiger partial charge is 0.145 e. The summed E-state index contributed by atoms with van der Waals surface area (Å²) >= 11 is 3.45. The average molecular weight is 303 g/mol. The van der Waals surface area contributed by atoms with Gasteiger partial charge in [-0.15, -0.1) is 0 Å². The molecule has 2 N–H and O–H groups in total. The van der Waals surface area contributed by atoms with Crippen LogP contribution in [0.3, 0.4) is 0 Å². The van der Waals surface area contributed by atoms with Crippen LogP contribution in [-0.4, -0.2) is 36.8 Å². The summed E-state index contributed by atoms with van der Waals surface area (Å²) in [5, 5.41) is 6.24. The van der Waals surface area contributed by atoms with Gasteiger partial charge in [0.15, 0.2) is 0 Å². The van der Waals surface area contributed by atoms with Crippen molar-refractivity contribution in [3.8, 4) is 0 Å². The zero-order valence-electron chi connectivity index (χ0n) is 10.3. The van der Waals surface area contributed by atoms with Crippen molar-refractivity contribution in [2.45, 2.75) is 19.8 Å². The molecule has 0 unspecified atom stereocenters. The van der Waals surface area contributed by atoms with Crippen molar-refractivity contribution in [2.75, 3.05) is 37.4 Å². The third-order valence-electron chi connectivity index (χ3n) is 2.13. The number of hydrogen-bond acceptors (Lipinski definition) is 5.